The molecule has 0 aliphatic heterocycles. The van der Waals surface area contributed by atoms with Crippen LogP contribution in [0, 0.1) is 12.7 Å². The van der Waals surface area contributed by atoms with Crippen LogP contribution in [0.25, 0.3) is 0 Å². The fourth-order valence-corrected chi connectivity index (χ4v) is 3.52. The minimum atomic E-state index is -0.364. The smallest absolute Gasteiger partial charge is 0.322 e. The number of nitrogens with zero attached hydrogens (tertiary/aromatic N) is 2. The Kier molecular flexibility index (Phi) is 7.66. The molecule has 2 aromatic carbocycles. The van der Waals surface area contributed by atoms with Crippen molar-refractivity contribution in [2.45, 2.75) is 46.2 Å². The van der Waals surface area contributed by atoms with Crippen molar-refractivity contribution in [1.82, 2.24) is 9.47 Å². The molecule has 5 heteroatoms. The van der Waals surface area contributed by atoms with Crippen molar-refractivity contribution in [1.29, 1.82) is 0 Å². The normalized spacial score (nSPS) is 10.8. The molecule has 0 saturated carbocycles. The quantitative estimate of drug-likeness (QED) is 0.421. The second-order valence-corrected chi connectivity index (χ2v) is 7.69. The van der Waals surface area contributed by atoms with E-state index in [1.54, 1.807) is 12.1 Å². The van der Waals surface area contributed by atoms with E-state index in [0.717, 1.165) is 31.5 Å². The van der Waals surface area contributed by atoms with Crippen molar-refractivity contribution >= 4 is 11.7 Å². The van der Waals surface area contributed by atoms with Crippen molar-refractivity contribution in [2.24, 2.45) is 0 Å². The van der Waals surface area contributed by atoms with Crippen molar-refractivity contribution in [3.05, 3.63) is 89.5 Å². The van der Waals surface area contributed by atoms with Crippen LogP contribution in [0.2, 0.25) is 0 Å². The number of rotatable bonds is 9. The Balaban J connectivity index is 1.73. The van der Waals surface area contributed by atoms with E-state index in [-0.39, 0.29) is 11.8 Å². The fraction of sp³-hybridized carbons (Fsp3) is 0.320. The predicted molar refractivity (Wildman–Crippen MR) is 120 cm³/mol. The van der Waals surface area contributed by atoms with E-state index in [2.05, 4.69) is 54.1 Å². The van der Waals surface area contributed by atoms with Gasteiger partial charge in [0.15, 0.2) is 0 Å². The lowest BCUT2D eigenvalue weighted by Crippen LogP contribution is -2.36. The molecule has 4 nitrogen and oxygen atoms in total. The second-order valence-electron chi connectivity index (χ2n) is 7.69. The van der Waals surface area contributed by atoms with Crippen LogP contribution in [0.1, 0.15) is 43.0 Å². The van der Waals surface area contributed by atoms with Gasteiger partial charge in [-0.1, -0.05) is 55.7 Å². The Bertz CT molecular complexity index is 966. The van der Waals surface area contributed by atoms with Gasteiger partial charge in [0.25, 0.3) is 0 Å². The van der Waals surface area contributed by atoms with Gasteiger partial charge in [0, 0.05) is 30.7 Å². The summed E-state index contributed by atoms with van der Waals surface area (Å²) in [6.45, 7) is 6.16. The van der Waals surface area contributed by atoms with Crippen molar-refractivity contribution in [2.75, 3.05) is 11.9 Å². The van der Waals surface area contributed by atoms with Gasteiger partial charge in [0.05, 0.1) is 6.54 Å². The number of amides is 2. The molecule has 30 heavy (non-hydrogen) atoms. The molecule has 3 rings (SSSR count). The van der Waals surface area contributed by atoms with Crippen molar-refractivity contribution < 1.29 is 9.18 Å². The number of unbranched alkanes of at least 4 members (excludes halogenated alkanes) is 2. The summed E-state index contributed by atoms with van der Waals surface area (Å²) in [4.78, 5) is 14.7. The molecule has 2 amide bonds. The molecule has 0 aliphatic rings. The lowest BCUT2D eigenvalue weighted by Gasteiger charge is -2.24. The molecule has 3 aromatic rings. The lowest BCUT2D eigenvalue weighted by atomic mass is 10.1. The molecular weight excluding hydrogens is 377 g/mol. The van der Waals surface area contributed by atoms with Crippen LogP contribution in [0.15, 0.2) is 66.9 Å². The highest BCUT2D eigenvalue weighted by molar-refractivity contribution is 5.89. The number of aryl methyl sites for hydroxylation is 1. The summed E-state index contributed by atoms with van der Waals surface area (Å²) in [6, 6.07) is 18.3. The third-order valence-electron chi connectivity index (χ3n) is 5.11. The molecule has 0 saturated heterocycles. The molecule has 158 valence electrons. The third kappa shape index (κ3) is 6.21. The van der Waals surface area contributed by atoms with Gasteiger partial charge < -0.3 is 14.8 Å². The van der Waals surface area contributed by atoms with Crippen LogP contribution in [-0.4, -0.2) is 22.0 Å². The standard InChI is InChI=1S/C25H30FN3O/c1-3-4-5-14-29(25(30)27-23-12-7-11-22(26)17-23)19-24-13-8-15-28(24)18-21-10-6-9-20(2)16-21/h6-13,15-17H,3-5,14,18-19H2,1-2H3,(H,27,30). The second kappa shape index (κ2) is 10.6. The van der Waals surface area contributed by atoms with Crippen molar-refractivity contribution in [3.8, 4) is 0 Å². The molecule has 0 fully saturated rings. The zero-order chi connectivity index (χ0) is 21.3. The van der Waals surface area contributed by atoms with Crippen molar-refractivity contribution in [3.63, 3.8) is 0 Å². The topological polar surface area (TPSA) is 37.3 Å². The van der Waals surface area contributed by atoms with E-state index < -0.39 is 0 Å². The van der Waals surface area contributed by atoms with E-state index in [4.69, 9.17) is 0 Å². The highest BCUT2D eigenvalue weighted by atomic mass is 19.1. The van der Waals surface area contributed by atoms with Gasteiger partial charge in [0.2, 0.25) is 0 Å². The molecule has 0 atom stereocenters. The van der Waals surface area contributed by atoms with Gasteiger partial charge in [-0.25, -0.2) is 9.18 Å². The summed E-state index contributed by atoms with van der Waals surface area (Å²) in [7, 11) is 0. The lowest BCUT2D eigenvalue weighted by molar-refractivity contribution is 0.206. The molecule has 1 heterocycles. The van der Waals surface area contributed by atoms with Gasteiger partial charge in [-0.15, -0.1) is 0 Å². The Morgan fingerprint density at radius 2 is 1.90 bits per heavy atom. The van der Waals surface area contributed by atoms with E-state index in [0.29, 0.717) is 18.8 Å². The zero-order valence-electron chi connectivity index (χ0n) is 17.8. The molecular formula is C25H30FN3O. The largest absolute Gasteiger partial charge is 0.345 e. The van der Waals surface area contributed by atoms with Gasteiger partial charge in [-0.05, 0) is 49.2 Å². The minimum Gasteiger partial charge on any atom is -0.345 e. The first kappa shape index (κ1) is 21.6. The first-order valence-electron chi connectivity index (χ1n) is 10.6. The highest BCUT2D eigenvalue weighted by Gasteiger charge is 2.16. The van der Waals surface area contributed by atoms with Crippen LogP contribution < -0.4 is 5.32 Å². The highest BCUT2D eigenvalue weighted by Crippen LogP contribution is 2.15. The van der Waals surface area contributed by atoms with Crippen LogP contribution in [0.4, 0.5) is 14.9 Å². The number of urea groups is 1. The summed E-state index contributed by atoms with van der Waals surface area (Å²) in [5, 5.41) is 2.84. The number of carbonyl (C=O) groups is 1. The maximum absolute atomic E-state index is 13.5. The number of anilines is 1. The summed E-state index contributed by atoms with van der Waals surface area (Å²) >= 11 is 0. The number of carbonyl (C=O) groups excluding carboxylic acids is 1. The average molecular weight is 408 g/mol. The van der Waals surface area contributed by atoms with Crippen LogP contribution in [0.5, 0.6) is 0 Å². The van der Waals surface area contributed by atoms with Gasteiger partial charge >= 0.3 is 6.03 Å². The number of hydrogen-bond acceptors (Lipinski definition) is 1. The first-order valence-corrected chi connectivity index (χ1v) is 10.6. The molecule has 1 aromatic heterocycles. The molecule has 0 bridgehead atoms. The number of nitrogens with one attached hydrogen (secondary N) is 1. The average Bonchev–Trinajstić information content (AvgIpc) is 3.14. The monoisotopic (exact) mass is 407 g/mol. The molecule has 0 unspecified atom stereocenters. The maximum atomic E-state index is 13.5. The van der Waals surface area contributed by atoms with E-state index in [1.165, 1.54) is 23.3 Å². The van der Waals surface area contributed by atoms with Gasteiger partial charge in [-0.2, -0.15) is 0 Å². The fourth-order valence-electron chi connectivity index (χ4n) is 3.52. The minimum absolute atomic E-state index is 0.208. The summed E-state index contributed by atoms with van der Waals surface area (Å²) in [5.41, 5.74) is 4.00. The molecule has 0 spiro atoms. The summed E-state index contributed by atoms with van der Waals surface area (Å²) in [6.07, 6.45) is 5.13. The number of hydrogen-bond donors (Lipinski definition) is 1. The van der Waals surface area contributed by atoms with E-state index >= 15 is 0 Å². The predicted octanol–water partition coefficient (Wildman–Crippen LogP) is 6.21. The Morgan fingerprint density at radius 3 is 2.67 bits per heavy atom. The third-order valence-corrected chi connectivity index (χ3v) is 5.11. The van der Waals surface area contributed by atoms with E-state index in [9.17, 15) is 9.18 Å². The van der Waals surface area contributed by atoms with E-state index in [1.807, 2.05) is 17.2 Å². The Morgan fingerprint density at radius 1 is 1.07 bits per heavy atom. The van der Waals surface area contributed by atoms with Gasteiger partial charge in [-0.3, -0.25) is 0 Å². The SMILES string of the molecule is CCCCCN(Cc1cccn1Cc1cccc(C)c1)C(=O)Nc1cccc(F)c1. The molecule has 0 aliphatic carbocycles. The molecule has 1 N–H and O–H groups in total. The maximum Gasteiger partial charge on any atom is 0.322 e. The van der Waals surface area contributed by atoms with Crippen LogP contribution >= 0.6 is 0 Å². The first-order chi connectivity index (χ1) is 14.5. The summed E-state index contributed by atoms with van der Waals surface area (Å²) < 4.78 is 15.7. The Hall–Kier alpha value is -3.08. The molecule has 0 radical (unpaired) electrons. The number of benzene rings is 2. The number of halogens is 1. The van der Waals surface area contributed by atoms with Crippen LogP contribution in [0.3, 0.4) is 0 Å². The zero-order valence-corrected chi connectivity index (χ0v) is 17.8. The Labute approximate surface area is 178 Å². The van der Waals surface area contributed by atoms with Crippen LogP contribution in [-0.2, 0) is 13.1 Å². The number of aromatic nitrogens is 1. The summed E-state index contributed by atoms with van der Waals surface area (Å²) in [5.74, 6) is -0.364. The van der Waals surface area contributed by atoms with Gasteiger partial charge in [0.1, 0.15) is 5.82 Å².